The zero-order chi connectivity index (χ0) is 16.3. The second-order valence-electron chi connectivity index (χ2n) is 6.20. The van der Waals surface area contributed by atoms with Gasteiger partial charge in [-0.3, -0.25) is 0 Å². The topological polar surface area (TPSA) is 35.1 Å². The SMILES string of the molecule is CC(C)[C@H](N[S+]([O-])C(C)(C)C)C(F)(F)Sc1ccccc1. The summed E-state index contributed by atoms with van der Waals surface area (Å²) in [6, 6.07) is 7.37. The van der Waals surface area contributed by atoms with Gasteiger partial charge in [-0.15, -0.1) is 4.72 Å². The van der Waals surface area contributed by atoms with E-state index >= 15 is 0 Å². The number of nitrogens with one attached hydrogen (secondary N) is 1. The van der Waals surface area contributed by atoms with Crippen LogP contribution in [0.2, 0.25) is 0 Å². The molecule has 21 heavy (non-hydrogen) atoms. The average molecular weight is 335 g/mol. The monoisotopic (exact) mass is 335 g/mol. The molecule has 2 nitrogen and oxygen atoms in total. The van der Waals surface area contributed by atoms with Crippen LogP contribution in [0.5, 0.6) is 0 Å². The highest BCUT2D eigenvalue weighted by Gasteiger charge is 2.46. The summed E-state index contributed by atoms with van der Waals surface area (Å²) in [6.07, 6.45) is 0. The molecular weight excluding hydrogens is 312 g/mol. The van der Waals surface area contributed by atoms with E-state index in [0.717, 1.165) is 0 Å². The zero-order valence-corrected chi connectivity index (χ0v) is 14.7. The van der Waals surface area contributed by atoms with E-state index in [4.69, 9.17) is 0 Å². The number of hydrogen-bond donors (Lipinski definition) is 1. The largest absolute Gasteiger partial charge is 0.598 e. The molecule has 0 fully saturated rings. The maximum atomic E-state index is 14.5. The molecule has 1 aromatic rings. The van der Waals surface area contributed by atoms with Crippen LogP contribution in [0.1, 0.15) is 34.6 Å². The fraction of sp³-hybridized carbons (Fsp3) is 0.600. The lowest BCUT2D eigenvalue weighted by molar-refractivity contribution is 0.0496. The number of benzene rings is 1. The van der Waals surface area contributed by atoms with Gasteiger partial charge in [-0.2, -0.15) is 8.78 Å². The molecule has 0 aliphatic heterocycles. The van der Waals surface area contributed by atoms with Gasteiger partial charge >= 0.3 is 5.25 Å². The molecule has 0 heterocycles. The highest BCUT2D eigenvalue weighted by molar-refractivity contribution is 8.00. The molecule has 0 aliphatic carbocycles. The second kappa shape index (κ2) is 7.31. The van der Waals surface area contributed by atoms with Crippen LogP contribution in [0, 0.1) is 5.92 Å². The molecule has 0 amide bonds. The number of alkyl halides is 2. The van der Waals surface area contributed by atoms with Gasteiger partial charge in [0.1, 0.15) is 10.8 Å². The van der Waals surface area contributed by atoms with Crippen LogP contribution >= 0.6 is 11.8 Å². The molecule has 0 aliphatic rings. The van der Waals surface area contributed by atoms with E-state index < -0.39 is 27.4 Å². The van der Waals surface area contributed by atoms with Gasteiger partial charge in [-0.1, -0.05) is 43.8 Å². The lowest BCUT2D eigenvalue weighted by atomic mass is 10.1. The van der Waals surface area contributed by atoms with Crippen molar-refractivity contribution in [3.63, 3.8) is 0 Å². The summed E-state index contributed by atoms with van der Waals surface area (Å²) in [5.41, 5.74) is 0. The molecule has 0 bridgehead atoms. The van der Waals surface area contributed by atoms with Gasteiger partial charge in [-0.05, 0) is 38.8 Å². The maximum absolute atomic E-state index is 14.5. The Bertz CT molecular complexity index is 435. The summed E-state index contributed by atoms with van der Waals surface area (Å²) in [6.45, 7) is 8.69. The summed E-state index contributed by atoms with van der Waals surface area (Å²) in [7, 11) is 0. The lowest BCUT2D eigenvalue weighted by Crippen LogP contribution is -2.53. The molecule has 6 heteroatoms. The predicted octanol–water partition coefficient (Wildman–Crippen LogP) is 4.45. The molecule has 120 valence electrons. The van der Waals surface area contributed by atoms with E-state index in [1.807, 2.05) is 0 Å². The van der Waals surface area contributed by atoms with Gasteiger partial charge in [0.05, 0.1) is 0 Å². The number of halogens is 2. The van der Waals surface area contributed by atoms with E-state index in [0.29, 0.717) is 16.7 Å². The molecule has 1 N–H and O–H groups in total. The number of thioether (sulfide) groups is 1. The predicted molar refractivity (Wildman–Crippen MR) is 86.9 cm³/mol. The van der Waals surface area contributed by atoms with Crippen LogP contribution in [0.15, 0.2) is 35.2 Å². The molecule has 0 spiro atoms. The molecule has 0 saturated carbocycles. The van der Waals surface area contributed by atoms with Gasteiger partial charge in [0, 0.05) is 16.3 Å². The summed E-state index contributed by atoms with van der Waals surface area (Å²) in [5, 5.41) is -3.05. The number of rotatable bonds is 6. The van der Waals surface area contributed by atoms with Gasteiger partial charge in [-0.25, -0.2) is 0 Å². The normalized spacial score (nSPS) is 16.0. The van der Waals surface area contributed by atoms with Gasteiger partial charge in [0.25, 0.3) is 0 Å². The van der Waals surface area contributed by atoms with Crippen LogP contribution < -0.4 is 4.72 Å². The fourth-order valence-corrected chi connectivity index (χ4v) is 3.74. The van der Waals surface area contributed by atoms with E-state index in [-0.39, 0.29) is 5.92 Å². The third-order valence-corrected chi connectivity index (χ3v) is 5.43. The Kier molecular flexibility index (Phi) is 6.53. The zero-order valence-electron chi connectivity index (χ0n) is 13.0. The first-order valence-electron chi connectivity index (χ1n) is 6.84. The van der Waals surface area contributed by atoms with Crippen molar-refractivity contribution in [1.29, 1.82) is 0 Å². The van der Waals surface area contributed by atoms with Crippen molar-refractivity contribution >= 4 is 23.1 Å². The van der Waals surface area contributed by atoms with Gasteiger partial charge < -0.3 is 4.55 Å². The summed E-state index contributed by atoms with van der Waals surface area (Å²) in [5.74, 6) is -0.345. The highest BCUT2D eigenvalue weighted by atomic mass is 32.2. The standard InChI is InChI=1S/C15H23F2NOS2/c1-11(2)13(18-21(19)14(3,4)5)15(16,17)20-12-9-7-6-8-10-12/h6-11,13,18H,1-5H3/t13-,21?/m0/s1. The minimum Gasteiger partial charge on any atom is -0.598 e. The Labute approximate surface area is 133 Å². The molecule has 0 saturated heterocycles. The quantitative estimate of drug-likeness (QED) is 0.616. The Hall–Kier alpha value is -0.300. The minimum absolute atomic E-state index is 0.345. The Morgan fingerprint density at radius 1 is 1.14 bits per heavy atom. The highest BCUT2D eigenvalue weighted by Crippen LogP contribution is 2.41. The first kappa shape index (κ1) is 18.7. The van der Waals surface area contributed by atoms with Crippen LogP contribution in [0.4, 0.5) is 8.78 Å². The van der Waals surface area contributed by atoms with Crippen LogP contribution in [0.25, 0.3) is 0 Å². The van der Waals surface area contributed by atoms with Gasteiger partial charge in [0.2, 0.25) is 0 Å². The van der Waals surface area contributed by atoms with Crippen molar-refractivity contribution in [3.05, 3.63) is 30.3 Å². The smallest absolute Gasteiger partial charge is 0.317 e. The summed E-state index contributed by atoms with van der Waals surface area (Å²) in [4.78, 5) is 0.497. The van der Waals surface area contributed by atoms with E-state index in [2.05, 4.69) is 4.72 Å². The third-order valence-electron chi connectivity index (χ3n) is 2.82. The summed E-state index contributed by atoms with van der Waals surface area (Å²) >= 11 is -1.03. The molecule has 1 aromatic carbocycles. The molecule has 2 atom stereocenters. The van der Waals surface area contributed by atoms with Crippen molar-refractivity contribution in [1.82, 2.24) is 4.72 Å². The fourth-order valence-electron chi connectivity index (χ4n) is 1.59. The van der Waals surface area contributed by atoms with E-state index in [1.54, 1.807) is 65.0 Å². The van der Waals surface area contributed by atoms with Crippen molar-refractivity contribution < 1.29 is 13.3 Å². The Morgan fingerprint density at radius 3 is 2.10 bits per heavy atom. The Morgan fingerprint density at radius 2 is 1.67 bits per heavy atom. The second-order valence-corrected chi connectivity index (χ2v) is 9.42. The van der Waals surface area contributed by atoms with Crippen molar-refractivity contribution in [2.75, 3.05) is 0 Å². The van der Waals surface area contributed by atoms with Crippen molar-refractivity contribution in [2.24, 2.45) is 5.92 Å². The Balaban J connectivity index is 2.88. The molecule has 1 unspecified atom stereocenters. The first-order chi connectivity index (χ1) is 9.54. The molecular formula is C15H23F2NOS2. The molecule has 1 rings (SSSR count). The molecule has 0 aromatic heterocycles. The number of hydrogen-bond acceptors (Lipinski definition) is 3. The first-order valence-corrected chi connectivity index (χ1v) is 8.80. The van der Waals surface area contributed by atoms with Gasteiger partial charge in [0.15, 0.2) is 0 Å². The minimum atomic E-state index is -3.05. The summed E-state index contributed by atoms with van der Waals surface area (Å²) < 4.78 is 43.2. The van der Waals surface area contributed by atoms with E-state index in [1.165, 1.54) is 0 Å². The van der Waals surface area contributed by atoms with Crippen LogP contribution in [0.3, 0.4) is 0 Å². The van der Waals surface area contributed by atoms with E-state index in [9.17, 15) is 13.3 Å². The molecule has 0 radical (unpaired) electrons. The average Bonchev–Trinajstić information content (AvgIpc) is 2.34. The third kappa shape index (κ3) is 5.77. The lowest BCUT2D eigenvalue weighted by Gasteiger charge is -2.33. The van der Waals surface area contributed by atoms with Crippen LogP contribution in [-0.4, -0.2) is 20.6 Å². The maximum Gasteiger partial charge on any atom is 0.317 e. The van der Waals surface area contributed by atoms with Crippen molar-refractivity contribution in [3.8, 4) is 0 Å². The van der Waals surface area contributed by atoms with Crippen LogP contribution in [-0.2, 0) is 11.4 Å². The van der Waals surface area contributed by atoms with Crippen molar-refractivity contribution in [2.45, 2.75) is 55.6 Å².